The van der Waals surface area contributed by atoms with Gasteiger partial charge in [0.15, 0.2) is 0 Å². The minimum atomic E-state index is -0.593. The molecule has 1 aliphatic heterocycles. The van der Waals surface area contributed by atoms with Crippen molar-refractivity contribution >= 4 is 11.9 Å². The van der Waals surface area contributed by atoms with E-state index < -0.39 is 11.7 Å². The Balaban J connectivity index is 2.42. The number of hydrogen-bond donors (Lipinski definition) is 1. The minimum Gasteiger partial charge on any atom is -0.480 e. The Kier molecular flexibility index (Phi) is 5.56. The molecule has 0 spiro atoms. The number of anilines is 1. The predicted octanol–water partition coefficient (Wildman–Crippen LogP) is 2.53. The van der Waals surface area contributed by atoms with E-state index in [-0.39, 0.29) is 28.7 Å². The molecule has 8 heteroatoms. The maximum atomic E-state index is 12.4. The molecule has 0 bridgehead atoms. The molecule has 1 fully saturated rings. The number of methoxy groups -OCH3 is 1. The summed E-state index contributed by atoms with van der Waals surface area (Å²) in [6.07, 6.45) is 1.03. The summed E-state index contributed by atoms with van der Waals surface area (Å²) in [5.74, 6) is -0.110. The molecule has 2 N–H and O–H groups in total. The van der Waals surface area contributed by atoms with Gasteiger partial charge in [0.1, 0.15) is 29.1 Å². The number of likely N-dealkylation sites (tertiary alicyclic amines) is 1. The smallest absolute Gasteiger partial charge is 0.410 e. The van der Waals surface area contributed by atoms with Gasteiger partial charge in [-0.25, -0.2) is 4.79 Å². The molecular weight excluding hydrogens is 334 g/mol. The van der Waals surface area contributed by atoms with Crippen LogP contribution in [0.25, 0.3) is 0 Å². The Morgan fingerprint density at radius 3 is 2.50 bits per heavy atom. The Morgan fingerprint density at radius 2 is 1.96 bits per heavy atom. The molecule has 1 aliphatic rings. The lowest BCUT2D eigenvalue weighted by Gasteiger charge is -2.35. The van der Waals surface area contributed by atoms with Crippen molar-refractivity contribution in [1.29, 1.82) is 10.5 Å². The molecule has 1 aromatic heterocycles. The van der Waals surface area contributed by atoms with Crippen LogP contribution in [0, 0.1) is 22.7 Å². The number of nitrogens with two attached hydrogens (primary N) is 1. The molecule has 2 heterocycles. The summed E-state index contributed by atoms with van der Waals surface area (Å²) in [4.78, 5) is 18.0. The van der Waals surface area contributed by atoms with Crippen LogP contribution in [-0.2, 0) is 4.74 Å². The number of carbonyl (C=O) groups excluding carboxylic acids is 1. The number of ether oxygens (including phenoxy) is 2. The van der Waals surface area contributed by atoms with Crippen LogP contribution in [0.2, 0.25) is 0 Å². The fraction of sp³-hybridized carbons (Fsp3) is 0.556. The minimum absolute atomic E-state index is 0.0211. The molecule has 8 nitrogen and oxygen atoms in total. The van der Waals surface area contributed by atoms with Crippen molar-refractivity contribution in [3.8, 4) is 18.0 Å². The summed E-state index contributed by atoms with van der Waals surface area (Å²) in [6, 6.07) is 4.11. The summed E-state index contributed by atoms with van der Waals surface area (Å²) in [5, 5.41) is 19.1. The van der Waals surface area contributed by atoms with Crippen molar-refractivity contribution < 1.29 is 14.3 Å². The van der Waals surface area contributed by atoms with Crippen LogP contribution in [0.1, 0.15) is 56.2 Å². The van der Waals surface area contributed by atoms with E-state index in [1.54, 1.807) is 4.90 Å². The van der Waals surface area contributed by atoms with Crippen LogP contribution >= 0.6 is 0 Å². The van der Waals surface area contributed by atoms with Crippen LogP contribution in [0.5, 0.6) is 5.88 Å². The molecule has 0 saturated carbocycles. The zero-order valence-electron chi connectivity index (χ0n) is 15.5. The number of carbonyl (C=O) groups is 1. The number of hydrogen-bond acceptors (Lipinski definition) is 7. The van der Waals surface area contributed by atoms with Crippen molar-refractivity contribution in [3.05, 3.63) is 16.7 Å². The highest BCUT2D eigenvalue weighted by Gasteiger charge is 2.33. The second-order valence-electron chi connectivity index (χ2n) is 7.16. The highest BCUT2D eigenvalue weighted by molar-refractivity contribution is 5.69. The van der Waals surface area contributed by atoms with Crippen molar-refractivity contribution in [2.24, 2.45) is 0 Å². The van der Waals surface area contributed by atoms with Crippen molar-refractivity contribution in [1.82, 2.24) is 9.88 Å². The zero-order valence-corrected chi connectivity index (χ0v) is 15.5. The molecule has 1 saturated heterocycles. The van der Waals surface area contributed by atoms with E-state index in [0.29, 0.717) is 18.7 Å². The number of nitrogens with zero attached hydrogens (tertiary/aromatic N) is 4. The van der Waals surface area contributed by atoms with Gasteiger partial charge in [-0.05, 0) is 33.6 Å². The molecule has 0 aliphatic carbocycles. The molecule has 1 amide bonds. The van der Waals surface area contributed by atoms with Gasteiger partial charge in [-0.15, -0.1) is 0 Å². The van der Waals surface area contributed by atoms with Gasteiger partial charge in [0.25, 0.3) is 0 Å². The first kappa shape index (κ1) is 19.3. The van der Waals surface area contributed by atoms with Crippen LogP contribution < -0.4 is 10.5 Å². The summed E-state index contributed by atoms with van der Waals surface area (Å²) < 4.78 is 10.6. The Bertz CT molecular complexity index is 786. The molecule has 1 unspecified atom stereocenters. The fourth-order valence-electron chi connectivity index (χ4n) is 3.09. The van der Waals surface area contributed by atoms with Gasteiger partial charge in [-0.1, -0.05) is 0 Å². The first-order valence-electron chi connectivity index (χ1n) is 8.37. The largest absolute Gasteiger partial charge is 0.480 e. The standard InChI is InChI=1S/C18H23N5O3/c1-18(2,3)26-17(24)23-7-5-6-11(10-23)14-12(8-19)15(21)22-16(25-4)13(14)9-20/h11H,5-7,10H2,1-4H3,(H2,21,22). The average molecular weight is 357 g/mol. The molecule has 2 rings (SSSR count). The fourth-order valence-corrected chi connectivity index (χ4v) is 3.09. The van der Waals surface area contributed by atoms with E-state index >= 15 is 0 Å². The normalized spacial score (nSPS) is 17.2. The van der Waals surface area contributed by atoms with Gasteiger partial charge in [-0.3, -0.25) is 0 Å². The first-order chi connectivity index (χ1) is 12.2. The molecule has 0 radical (unpaired) electrons. The quantitative estimate of drug-likeness (QED) is 0.862. The summed E-state index contributed by atoms with van der Waals surface area (Å²) in [6.45, 7) is 6.32. The summed E-state index contributed by atoms with van der Waals surface area (Å²) >= 11 is 0. The maximum absolute atomic E-state index is 12.4. The van der Waals surface area contributed by atoms with Crippen LogP contribution in [0.4, 0.5) is 10.6 Å². The maximum Gasteiger partial charge on any atom is 0.410 e. The Hall–Kier alpha value is -3.00. The third-order valence-corrected chi connectivity index (χ3v) is 4.13. The lowest BCUT2D eigenvalue weighted by atomic mass is 9.85. The van der Waals surface area contributed by atoms with Crippen LogP contribution in [0.3, 0.4) is 0 Å². The number of rotatable bonds is 2. The topological polar surface area (TPSA) is 125 Å². The number of piperidine rings is 1. The van der Waals surface area contributed by atoms with E-state index in [4.69, 9.17) is 15.2 Å². The number of nitriles is 2. The van der Waals surface area contributed by atoms with Crippen molar-refractivity contribution in [2.75, 3.05) is 25.9 Å². The van der Waals surface area contributed by atoms with Gasteiger partial charge in [-0.2, -0.15) is 15.5 Å². The second-order valence-corrected chi connectivity index (χ2v) is 7.16. The highest BCUT2D eigenvalue weighted by Crippen LogP contribution is 2.37. The molecular formula is C18H23N5O3. The van der Waals surface area contributed by atoms with Gasteiger partial charge in [0, 0.05) is 24.6 Å². The molecule has 26 heavy (non-hydrogen) atoms. The lowest BCUT2D eigenvalue weighted by Crippen LogP contribution is -2.42. The zero-order chi connectivity index (χ0) is 19.5. The SMILES string of the molecule is COc1nc(N)c(C#N)c(C2CCCN(C(=O)OC(C)(C)C)C2)c1C#N. The van der Waals surface area contributed by atoms with Gasteiger partial charge in [0.2, 0.25) is 5.88 Å². The van der Waals surface area contributed by atoms with E-state index in [1.165, 1.54) is 7.11 Å². The van der Waals surface area contributed by atoms with Gasteiger partial charge >= 0.3 is 6.09 Å². The number of aromatic nitrogens is 1. The monoisotopic (exact) mass is 357 g/mol. The van der Waals surface area contributed by atoms with Crippen LogP contribution in [-0.4, -0.2) is 41.8 Å². The molecule has 1 aromatic rings. The summed E-state index contributed by atoms with van der Waals surface area (Å²) in [7, 11) is 1.40. The molecule has 1 atom stereocenters. The van der Waals surface area contributed by atoms with Crippen LogP contribution in [0.15, 0.2) is 0 Å². The van der Waals surface area contributed by atoms with E-state index in [9.17, 15) is 15.3 Å². The number of nitrogen functional groups attached to an aromatic ring is 1. The summed E-state index contributed by atoms with van der Waals surface area (Å²) in [5.41, 5.74) is 6.14. The Morgan fingerprint density at radius 1 is 1.31 bits per heavy atom. The Labute approximate surface area is 153 Å². The molecule has 0 aromatic carbocycles. The third-order valence-electron chi connectivity index (χ3n) is 4.13. The predicted molar refractivity (Wildman–Crippen MR) is 94.4 cm³/mol. The first-order valence-corrected chi connectivity index (χ1v) is 8.37. The highest BCUT2D eigenvalue weighted by atomic mass is 16.6. The third kappa shape index (κ3) is 3.97. The van der Waals surface area contributed by atoms with Gasteiger partial charge < -0.3 is 20.1 Å². The van der Waals surface area contributed by atoms with E-state index in [2.05, 4.69) is 11.1 Å². The lowest BCUT2D eigenvalue weighted by molar-refractivity contribution is 0.0198. The van der Waals surface area contributed by atoms with Crippen molar-refractivity contribution in [2.45, 2.75) is 45.1 Å². The van der Waals surface area contributed by atoms with Gasteiger partial charge in [0.05, 0.1) is 12.7 Å². The van der Waals surface area contributed by atoms with E-state index in [0.717, 1.165) is 12.8 Å². The molecule has 138 valence electrons. The second kappa shape index (κ2) is 7.49. The van der Waals surface area contributed by atoms with Crippen molar-refractivity contribution in [3.63, 3.8) is 0 Å². The number of amides is 1. The van der Waals surface area contributed by atoms with E-state index in [1.807, 2.05) is 26.8 Å². The average Bonchev–Trinajstić information content (AvgIpc) is 2.59. The number of pyridine rings is 1.